The molecule has 0 aliphatic rings. The molecule has 108 valence electrons. The third-order valence-electron chi connectivity index (χ3n) is 2.70. The van der Waals surface area contributed by atoms with Crippen LogP contribution in [0, 0.1) is 0 Å². The van der Waals surface area contributed by atoms with Gasteiger partial charge in [-0.2, -0.15) is 0 Å². The molecule has 0 fully saturated rings. The molecule has 1 atom stereocenters. The summed E-state index contributed by atoms with van der Waals surface area (Å²) in [5, 5.41) is 3.00. The van der Waals surface area contributed by atoms with Crippen LogP contribution in [0.5, 0.6) is 11.5 Å². The van der Waals surface area contributed by atoms with Gasteiger partial charge in [0.1, 0.15) is 9.84 Å². The van der Waals surface area contributed by atoms with Crippen LogP contribution >= 0.6 is 15.9 Å². The molecule has 1 N–H and O–H groups in total. The SMILES string of the molecule is CNC(CS(C)(=O)=O)c1cc(OC)c(OC)cc1Br. The average molecular weight is 352 g/mol. The smallest absolute Gasteiger partial charge is 0.161 e. The Labute approximate surface area is 122 Å². The minimum Gasteiger partial charge on any atom is -0.493 e. The number of hydrogen-bond donors (Lipinski definition) is 1. The van der Waals surface area contributed by atoms with Gasteiger partial charge in [0.25, 0.3) is 0 Å². The van der Waals surface area contributed by atoms with Gasteiger partial charge in [-0.15, -0.1) is 0 Å². The summed E-state index contributed by atoms with van der Waals surface area (Å²) >= 11 is 3.43. The predicted molar refractivity (Wildman–Crippen MR) is 78.8 cm³/mol. The first kappa shape index (κ1) is 16.3. The molecule has 1 rings (SSSR count). The fourth-order valence-corrected chi connectivity index (χ4v) is 3.32. The first-order valence-corrected chi connectivity index (χ1v) is 8.44. The maximum absolute atomic E-state index is 11.5. The molecule has 5 nitrogen and oxygen atoms in total. The van der Waals surface area contributed by atoms with E-state index in [1.807, 2.05) is 0 Å². The van der Waals surface area contributed by atoms with E-state index in [2.05, 4.69) is 21.2 Å². The van der Waals surface area contributed by atoms with Crippen molar-refractivity contribution < 1.29 is 17.9 Å². The first-order valence-electron chi connectivity index (χ1n) is 5.58. The van der Waals surface area contributed by atoms with E-state index >= 15 is 0 Å². The fraction of sp³-hybridized carbons (Fsp3) is 0.500. The van der Waals surface area contributed by atoms with Gasteiger partial charge in [-0.1, -0.05) is 15.9 Å². The fourth-order valence-electron chi connectivity index (χ4n) is 1.77. The summed E-state index contributed by atoms with van der Waals surface area (Å²) in [4.78, 5) is 0. The third kappa shape index (κ3) is 4.36. The van der Waals surface area contributed by atoms with E-state index in [-0.39, 0.29) is 11.8 Å². The lowest BCUT2D eigenvalue weighted by Gasteiger charge is -2.19. The Morgan fingerprint density at radius 3 is 2.21 bits per heavy atom. The molecule has 0 radical (unpaired) electrons. The lowest BCUT2D eigenvalue weighted by Crippen LogP contribution is -2.25. The predicted octanol–water partition coefficient (Wildman–Crippen LogP) is 1.77. The summed E-state index contributed by atoms with van der Waals surface area (Å²) in [6.45, 7) is 0. The molecule has 1 aromatic rings. The van der Waals surface area contributed by atoms with Gasteiger partial charge in [-0.3, -0.25) is 0 Å². The van der Waals surface area contributed by atoms with Gasteiger partial charge >= 0.3 is 0 Å². The number of rotatable bonds is 6. The zero-order chi connectivity index (χ0) is 14.6. The standard InChI is InChI=1S/C12H18BrNO4S/c1-14-10(7-19(4,15)16)8-5-11(17-2)12(18-3)6-9(8)13/h5-6,10,14H,7H2,1-4H3. The van der Waals surface area contributed by atoms with Gasteiger partial charge in [0.2, 0.25) is 0 Å². The lowest BCUT2D eigenvalue weighted by atomic mass is 10.1. The highest BCUT2D eigenvalue weighted by Crippen LogP contribution is 2.36. The molecule has 0 aromatic heterocycles. The van der Waals surface area contributed by atoms with Crippen LogP contribution in [-0.2, 0) is 9.84 Å². The molecular formula is C12H18BrNO4S. The molecule has 0 saturated carbocycles. The number of nitrogens with one attached hydrogen (secondary N) is 1. The van der Waals surface area contributed by atoms with Crippen LogP contribution in [0.25, 0.3) is 0 Å². The van der Waals surface area contributed by atoms with E-state index in [1.54, 1.807) is 33.4 Å². The Morgan fingerprint density at radius 1 is 1.26 bits per heavy atom. The molecule has 0 amide bonds. The number of methoxy groups -OCH3 is 2. The Kier molecular flexibility index (Phi) is 5.64. The van der Waals surface area contributed by atoms with Crippen molar-refractivity contribution in [1.29, 1.82) is 0 Å². The molecule has 7 heteroatoms. The summed E-state index contributed by atoms with van der Waals surface area (Å²) in [6, 6.07) is 3.22. The van der Waals surface area contributed by atoms with Crippen molar-refractivity contribution in [2.75, 3.05) is 33.3 Å². The van der Waals surface area contributed by atoms with Crippen molar-refractivity contribution in [3.8, 4) is 11.5 Å². The van der Waals surface area contributed by atoms with Crippen molar-refractivity contribution in [2.45, 2.75) is 6.04 Å². The summed E-state index contributed by atoms with van der Waals surface area (Å²) in [6.07, 6.45) is 1.21. The van der Waals surface area contributed by atoms with Crippen molar-refractivity contribution in [3.05, 3.63) is 22.2 Å². The van der Waals surface area contributed by atoms with Gasteiger partial charge in [0.05, 0.1) is 20.0 Å². The number of hydrogen-bond acceptors (Lipinski definition) is 5. The molecule has 0 heterocycles. The molecule has 0 aliphatic carbocycles. The van der Waals surface area contributed by atoms with E-state index in [0.717, 1.165) is 10.0 Å². The van der Waals surface area contributed by atoms with Crippen LogP contribution in [0.15, 0.2) is 16.6 Å². The number of halogens is 1. The molecule has 1 unspecified atom stereocenters. The second-order valence-corrected chi connectivity index (χ2v) is 7.20. The Balaban J connectivity index is 3.24. The molecule has 0 bridgehead atoms. The van der Waals surface area contributed by atoms with Crippen molar-refractivity contribution in [1.82, 2.24) is 5.32 Å². The average Bonchev–Trinajstić information content (AvgIpc) is 2.34. The maximum atomic E-state index is 11.5. The van der Waals surface area contributed by atoms with Gasteiger partial charge in [0, 0.05) is 16.8 Å². The molecule has 0 spiro atoms. The number of benzene rings is 1. The quantitative estimate of drug-likeness (QED) is 0.845. The van der Waals surface area contributed by atoms with Crippen molar-refractivity contribution >= 4 is 25.8 Å². The topological polar surface area (TPSA) is 64.6 Å². The van der Waals surface area contributed by atoms with E-state index in [1.165, 1.54) is 6.26 Å². The van der Waals surface area contributed by atoms with E-state index in [4.69, 9.17) is 9.47 Å². The summed E-state index contributed by atoms with van der Waals surface area (Å²) in [5.41, 5.74) is 0.811. The van der Waals surface area contributed by atoms with Crippen LogP contribution in [0.4, 0.5) is 0 Å². The Bertz CT molecular complexity index is 545. The highest BCUT2D eigenvalue weighted by atomic mass is 79.9. The molecule has 1 aromatic carbocycles. The molecular weight excluding hydrogens is 334 g/mol. The normalized spacial score (nSPS) is 13.1. The van der Waals surface area contributed by atoms with Crippen LogP contribution < -0.4 is 14.8 Å². The lowest BCUT2D eigenvalue weighted by molar-refractivity contribution is 0.353. The van der Waals surface area contributed by atoms with Gasteiger partial charge in [0.15, 0.2) is 11.5 Å². The molecule has 0 saturated heterocycles. The minimum absolute atomic E-state index is 0.0115. The van der Waals surface area contributed by atoms with Crippen molar-refractivity contribution in [3.63, 3.8) is 0 Å². The molecule has 0 aliphatic heterocycles. The van der Waals surface area contributed by atoms with Crippen LogP contribution in [0.1, 0.15) is 11.6 Å². The van der Waals surface area contributed by atoms with Crippen LogP contribution in [0.3, 0.4) is 0 Å². The maximum Gasteiger partial charge on any atom is 0.161 e. The minimum atomic E-state index is -3.09. The van der Waals surface area contributed by atoms with E-state index in [9.17, 15) is 8.42 Å². The zero-order valence-corrected chi connectivity index (χ0v) is 13.8. The summed E-state index contributed by atoms with van der Waals surface area (Å²) in [7, 11) is 1.72. The monoisotopic (exact) mass is 351 g/mol. The van der Waals surface area contributed by atoms with Crippen LogP contribution in [0.2, 0.25) is 0 Å². The van der Waals surface area contributed by atoms with E-state index < -0.39 is 9.84 Å². The highest BCUT2D eigenvalue weighted by molar-refractivity contribution is 9.10. The van der Waals surface area contributed by atoms with E-state index in [0.29, 0.717) is 11.5 Å². The van der Waals surface area contributed by atoms with Gasteiger partial charge in [-0.25, -0.2) is 8.42 Å². The van der Waals surface area contributed by atoms with Gasteiger partial charge in [-0.05, 0) is 24.7 Å². The highest BCUT2D eigenvalue weighted by Gasteiger charge is 2.20. The second-order valence-electron chi connectivity index (χ2n) is 4.16. The molecule has 19 heavy (non-hydrogen) atoms. The largest absolute Gasteiger partial charge is 0.493 e. The summed E-state index contributed by atoms with van der Waals surface area (Å²) in [5.74, 6) is 1.17. The zero-order valence-electron chi connectivity index (χ0n) is 11.4. The Hall–Kier alpha value is -0.790. The summed E-state index contributed by atoms with van der Waals surface area (Å²) < 4.78 is 34.1. The second kappa shape index (κ2) is 6.58. The number of sulfone groups is 1. The number of ether oxygens (including phenoxy) is 2. The van der Waals surface area contributed by atoms with Crippen LogP contribution in [-0.4, -0.2) is 41.7 Å². The van der Waals surface area contributed by atoms with Crippen molar-refractivity contribution in [2.24, 2.45) is 0 Å². The Morgan fingerprint density at radius 2 is 1.79 bits per heavy atom. The first-order chi connectivity index (χ1) is 8.82. The van der Waals surface area contributed by atoms with Gasteiger partial charge < -0.3 is 14.8 Å². The third-order valence-corrected chi connectivity index (χ3v) is 4.32.